The van der Waals surface area contributed by atoms with Crippen molar-refractivity contribution < 1.29 is 4.74 Å². The Hall–Kier alpha value is -1.62. The van der Waals surface area contributed by atoms with Gasteiger partial charge in [0.2, 0.25) is 5.88 Å². The van der Waals surface area contributed by atoms with Gasteiger partial charge in [-0.05, 0) is 18.9 Å². The number of ether oxygens (including phenoxy) is 1. The van der Waals surface area contributed by atoms with Crippen LogP contribution in [0.15, 0.2) is 12.1 Å². The van der Waals surface area contributed by atoms with Crippen molar-refractivity contribution in [2.75, 3.05) is 6.61 Å². The maximum atomic E-state index is 6.04. The van der Waals surface area contributed by atoms with E-state index in [4.69, 9.17) is 10.5 Å². The Labute approximate surface area is 107 Å². The van der Waals surface area contributed by atoms with Crippen LogP contribution in [-0.2, 0) is 6.42 Å². The molecule has 0 aliphatic heterocycles. The first-order valence-electron chi connectivity index (χ1n) is 6.34. The molecule has 2 aromatic rings. The average Bonchev–Trinajstić information content (AvgIpc) is 2.70. The lowest BCUT2D eigenvalue weighted by molar-refractivity contribution is 0.328. The van der Waals surface area contributed by atoms with Gasteiger partial charge >= 0.3 is 0 Å². The van der Waals surface area contributed by atoms with Crippen LogP contribution in [0.25, 0.3) is 11.2 Å². The average molecular weight is 248 g/mol. The molecule has 0 saturated carbocycles. The molecule has 2 rings (SSSR count). The highest BCUT2D eigenvalue weighted by atomic mass is 16.5. The van der Waals surface area contributed by atoms with Crippen LogP contribution < -0.4 is 10.5 Å². The topological polar surface area (TPSA) is 76.8 Å². The number of aromatic amines is 1. The second kappa shape index (κ2) is 5.35. The molecule has 0 aromatic carbocycles. The molecule has 1 atom stereocenters. The van der Waals surface area contributed by atoms with Crippen LogP contribution >= 0.6 is 0 Å². The molecule has 2 heterocycles. The largest absolute Gasteiger partial charge is 0.478 e. The van der Waals surface area contributed by atoms with Crippen molar-refractivity contribution in [3.63, 3.8) is 0 Å². The molecule has 0 radical (unpaired) electrons. The standard InChI is InChI=1S/C13H20N4O/c1-4-18-12-6-5-10-13(17-12)16-11(15-10)7-9(14)8(2)3/h5-6,8-9H,4,7,14H2,1-3H3,(H,15,16,17). The lowest BCUT2D eigenvalue weighted by atomic mass is 10.0. The zero-order valence-corrected chi connectivity index (χ0v) is 11.1. The van der Waals surface area contributed by atoms with Gasteiger partial charge in [-0.2, -0.15) is 4.98 Å². The van der Waals surface area contributed by atoms with E-state index in [9.17, 15) is 0 Å². The number of nitrogens with one attached hydrogen (secondary N) is 1. The molecule has 18 heavy (non-hydrogen) atoms. The van der Waals surface area contributed by atoms with Crippen LogP contribution in [0.3, 0.4) is 0 Å². The predicted molar refractivity (Wildman–Crippen MR) is 71.6 cm³/mol. The minimum absolute atomic E-state index is 0.108. The van der Waals surface area contributed by atoms with Crippen molar-refractivity contribution in [2.45, 2.75) is 33.2 Å². The third kappa shape index (κ3) is 2.79. The summed E-state index contributed by atoms with van der Waals surface area (Å²) in [6.07, 6.45) is 0.734. The van der Waals surface area contributed by atoms with E-state index in [1.807, 2.05) is 19.1 Å². The molecule has 0 aliphatic carbocycles. The molecule has 98 valence electrons. The fourth-order valence-corrected chi connectivity index (χ4v) is 1.71. The summed E-state index contributed by atoms with van der Waals surface area (Å²) in [6.45, 7) is 6.76. The lowest BCUT2D eigenvalue weighted by Crippen LogP contribution is -2.29. The molecule has 0 saturated heterocycles. The highest BCUT2D eigenvalue weighted by Crippen LogP contribution is 2.15. The summed E-state index contributed by atoms with van der Waals surface area (Å²) in [7, 11) is 0. The van der Waals surface area contributed by atoms with Crippen LogP contribution in [0.5, 0.6) is 5.88 Å². The summed E-state index contributed by atoms with van der Waals surface area (Å²) in [6, 6.07) is 3.89. The number of aromatic nitrogens is 3. The number of hydrogen-bond acceptors (Lipinski definition) is 4. The van der Waals surface area contributed by atoms with Gasteiger partial charge in [0.25, 0.3) is 0 Å². The number of nitrogens with zero attached hydrogens (tertiary/aromatic N) is 2. The van der Waals surface area contributed by atoms with E-state index in [1.165, 1.54) is 0 Å². The highest BCUT2D eigenvalue weighted by molar-refractivity contribution is 5.71. The van der Waals surface area contributed by atoms with Gasteiger partial charge in [0.05, 0.1) is 12.1 Å². The van der Waals surface area contributed by atoms with Crippen LogP contribution in [0.4, 0.5) is 0 Å². The number of H-pyrrole nitrogens is 1. The molecule has 0 fully saturated rings. The van der Waals surface area contributed by atoms with E-state index < -0.39 is 0 Å². The van der Waals surface area contributed by atoms with Crippen molar-refractivity contribution in [1.82, 2.24) is 15.0 Å². The Bertz CT molecular complexity index is 521. The van der Waals surface area contributed by atoms with Gasteiger partial charge in [0.1, 0.15) is 5.82 Å². The first-order chi connectivity index (χ1) is 8.60. The molecule has 3 N–H and O–H groups in total. The van der Waals surface area contributed by atoms with Crippen molar-refractivity contribution in [1.29, 1.82) is 0 Å². The second-order valence-electron chi connectivity index (χ2n) is 4.75. The van der Waals surface area contributed by atoms with Crippen molar-refractivity contribution >= 4 is 11.2 Å². The quantitative estimate of drug-likeness (QED) is 0.847. The number of imidazole rings is 1. The summed E-state index contributed by atoms with van der Waals surface area (Å²) in [4.78, 5) is 12.0. The molecule has 5 heteroatoms. The number of fused-ring (bicyclic) bond motifs is 1. The van der Waals surface area contributed by atoms with Crippen LogP contribution in [-0.4, -0.2) is 27.6 Å². The van der Waals surface area contributed by atoms with E-state index in [-0.39, 0.29) is 6.04 Å². The van der Waals surface area contributed by atoms with E-state index in [0.29, 0.717) is 24.1 Å². The molecule has 2 aromatic heterocycles. The van der Waals surface area contributed by atoms with Crippen LogP contribution in [0, 0.1) is 5.92 Å². The molecule has 0 bridgehead atoms. The van der Waals surface area contributed by atoms with Crippen LogP contribution in [0.1, 0.15) is 26.6 Å². The van der Waals surface area contributed by atoms with Gasteiger partial charge in [-0.25, -0.2) is 4.98 Å². The highest BCUT2D eigenvalue weighted by Gasteiger charge is 2.12. The molecular formula is C13H20N4O. The van der Waals surface area contributed by atoms with Crippen molar-refractivity contribution in [3.05, 3.63) is 18.0 Å². The molecule has 1 unspecified atom stereocenters. The number of nitrogens with two attached hydrogens (primary N) is 1. The van der Waals surface area contributed by atoms with Crippen molar-refractivity contribution in [2.24, 2.45) is 11.7 Å². The molecule has 5 nitrogen and oxygen atoms in total. The Kier molecular flexibility index (Phi) is 3.81. The van der Waals surface area contributed by atoms with Gasteiger partial charge in [0, 0.05) is 18.5 Å². The molecular weight excluding hydrogens is 228 g/mol. The van der Waals surface area contributed by atoms with Gasteiger partial charge in [-0.3, -0.25) is 0 Å². The van der Waals surface area contributed by atoms with Gasteiger partial charge in [-0.15, -0.1) is 0 Å². The van der Waals surface area contributed by atoms with Gasteiger partial charge in [0.15, 0.2) is 5.65 Å². The summed E-state index contributed by atoms with van der Waals surface area (Å²) in [5.74, 6) is 1.92. The maximum absolute atomic E-state index is 6.04. The van der Waals surface area contributed by atoms with Gasteiger partial charge in [-0.1, -0.05) is 13.8 Å². The Morgan fingerprint density at radius 3 is 2.78 bits per heavy atom. The van der Waals surface area contributed by atoms with E-state index in [1.54, 1.807) is 0 Å². The van der Waals surface area contributed by atoms with E-state index in [0.717, 1.165) is 17.8 Å². The normalized spacial score (nSPS) is 13.2. The zero-order valence-electron chi connectivity index (χ0n) is 11.1. The number of hydrogen-bond donors (Lipinski definition) is 2. The third-order valence-corrected chi connectivity index (χ3v) is 2.95. The Morgan fingerprint density at radius 1 is 1.33 bits per heavy atom. The molecule has 0 aliphatic rings. The minimum atomic E-state index is 0.108. The Balaban J connectivity index is 2.21. The molecule has 0 spiro atoms. The lowest BCUT2D eigenvalue weighted by Gasteiger charge is -2.13. The fourth-order valence-electron chi connectivity index (χ4n) is 1.71. The fraction of sp³-hybridized carbons (Fsp3) is 0.538. The van der Waals surface area contributed by atoms with E-state index >= 15 is 0 Å². The Morgan fingerprint density at radius 2 is 2.11 bits per heavy atom. The van der Waals surface area contributed by atoms with Crippen LogP contribution in [0.2, 0.25) is 0 Å². The SMILES string of the molecule is CCOc1ccc2[nH]c(CC(N)C(C)C)nc2n1. The first kappa shape index (κ1) is 12.8. The predicted octanol–water partition coefficient (Wildman–Crippen LogP) is 1.88. The summed E-state index contributed by atoms with van der Waals surface area (Å²) in [5.41, 5.74) is 7.65. The van der Waals surface area contributed by atoms with E-state index in [2.05, 4.69) is 28.8 Å². The maximum Gasteiger partial charge on any atom is 0.215 e. The zero-order chi connectivity index (χ0) is 13.1. The van der Waals surface area contributed by atoms with Crippen molar-refractivity contribution in [3.8, 4) is 5.88 Å². The summed E-state index contributed by atoms with van der Waals surface area (Å²) >= 11 is 0. The monoisotopic (exact) mass is 248 g/mol. The first-order valence-corrected chi connectivity index (χ1v) is 6.34. The number of rotatable bonds is 5. The second-order valence-corrected chi connectivity index (χ2v) is 4.75. The third-order valence-electron chi connectivity index (χ3n) is 2.95. The summed E-state index contributed by atoms with van der Waals surface area (Å²) < 4.78 is 5.35. The number of pyridine rings is 1. The smallest absolute Gasteiger partial charge is 0.215 e. The summed E-state index contributed by atoms with van der Waals surface area (Å²) in [5, 5.41) is 0. The van der Waals surface area contributed by atoms with Gasteiger partial charge < -0.3 is 15.5 Å². The molecule has 0 amide bonds. The minimum Gasteiger partial charge on any atom is -0.478 e.